The number of hydrogen-bond donors (Lipinski definition) is 1. The molecule has 7 heteroatoms. The van der Waals surface area contributed by atoms with Crippen molar-refractivity contribution in [3.8, 4) is 11.4 Å². The topological polar surface area (TPSA) is 59.4 Å². The van der Waals surface area contributed by atoms with Crippen LogP contribution in [0.4, 0.5) is 5.00 Å². The number of rotatable bonds is 6. The number of nitrogens with one attached hydrogen (secondary N) is 1. The van der Waals surface area contributed by atoms with E-state index < -0.39 is 0 Å². The van der Waals surface area contributed by atoms with Crippen molar-refractivity contribution < 1.29 is 9.53 Å². The Morgan fingerprint density at radius 2 is 1.82 bits per heavy atom. The maximum absolute atomic E-state index is 12.4. The van der Waals surface area contributed by atoms with E-state index in [0.29, 0.717) is 0 Å². The predicted octanol–water partition coefficient (Wildman–Crippen LogP) is 5.18. The minimum Gasteiger partial charge on any atom is -0.484 e. The van der Waals surface area contributed by atoms with Gasteiger partial charge >= 0.3 is 0 Å². The first-order valence-electron chi connectivity index (χ1n) is 11.8. The minimum absolute atomic E-state index is 0.0504. The fraction of sp³-hybridized carbons (Fsp3) is 0.333. The quantitative estimate of drug-likeness (QED) is 0.419. The van der Waals surface area contributed by atoms with E-state index in [0.717, 1.165) is 54.1 Å². The Morgan fingerprint density at radius 1 is 1.06 bits per heavy atom. The minimum atomic E-state index is -0.0596. The van der Waals surface area contributed by atoms with Gasteiger partial charge in [0.2, 0.25) is 0 Å². The highest BCUT2D eigenvalue weighted by Crippen LogP contribution is 2.37. The van der Waals surface area contributed by atoms with Gasteiger partial charge in [0.25, 0.3) is 5.91 Å². The number of ether oxygens (including phenoxy) is 1. The average Bonchev–Trinajstić information content (AvgIpc) is 3.40. The molecule has 1 aliphatic rings. The molecule has 176 valence electrons. The number of nitrogens with zero attached hydrogens (tertiary/aromatic N) is 3. The largest absolute Gasteiger partial charge is 0.484 e. The molecule has 0 saturated carbocycles. The lowest BCUT2D eigenvalue weighted by Crippen LogP contribution is -2.45. The van der Waals surface area contributed by atoms with Crippen molar-refractivity contribution in [3.63, 3.8) is 0 Å². The lowest BCUT2D eigenvalue weighted by molar-refractivity contribution is -0.123. The van der Waals surface area contributed by atoms with Crippen LogP contribution in [0.15, 0.2) is 54.6 Å². The van der Waals surface area contributed by atoms with E-state index in [-0.39, 0.29) is 18.6 Å². The third-order valence-corrected chi connectivity index (χ3v) is 7.61. The molecule has 1 fully saturated rings. The second kappa shape index (κ2) is 9.50. The van der Waals surface area contributed by atoms with Crippen LogP contribution in [0, 0.1) is 20.8 Å². The molecule has 2 aromatic carbocycles. The van der Waals surface area contributed by atoms with Crippen LogP contribution in [0.3, 0.4) is 0 Å². The molecule has 0 aliphatic carbocycles. The van der Waals surface area contributed by atoms with Crippen molar-refractivity contribution in [2.45, 2.75) is 39.7 Å². The lowest BCUT2D eigenvalue weighted by Gasteiger charge is -2.32. The molecule has 0 atom stereocenters. The first kappa shape index (κ1) is 22.5. The molecule has 6 nitrogen and oxygen atoms in total. The van der Waals surface area contributed by atoms with Gasteiger partial charge in [0.05, 0.1) is 26.6 Å². The summed E-state index contributed by atoms with van der Waals surface area (Å²) in [5.74, 6) is 0.671. The molecular weight excluding hydrogens is 444 g/mol. The van der Waals surface area contributed by atoms with E-state index in [1.165, 1.54) is 15.3 Å². The number of amides is 1. The molecule has 5 rings (SSSR count). The summed E-state index contributed by atoms with van der Waals surface area (Å²) in [6.07, 6.45) is 1.85. The van der Waals surface area contributed by atoms with E-state index in [2.05, 4.69) is 54.4 Å². The number of carbonyl (C=O) groups is 1. The maximum atomic E-state index is 12.4. The Hall–Kier alpha value is -3.32. The van der Waals surface area contributed by atoms with Gasteiger partial charge < -0.3 is 15.0 Å². The Labute approximate surface area is 204 Å². The monoisotopic (exact) mass is 474 g/mol. The summed E-state index contributed by atoms with van der Waals surface area (Å²) in [4.78, 5) is 14.8. The predicted molar refractivity (Wildman–Crippen MR) is 138 cm³/mol. The molecule has 34 heavy (non-hydrogen) atoms. The molecule has 0 unspecified atom stereocenters. The van der Waals surface area contributed by atoms with Crippen LogP contribution in [0.5, 0.6) is 5.75 Å². The fourth-order valence-corrected chi connectivity index (χ4v) is 5.57. The zero-order valence-corrected chi connectivity index (χ0v) is 20.7. The van der Waals surface area contributed by atoms with Gasteiger partial charge in [-0.15, -0.1) is 11.3 Å². The zero-order valence-electron chi connectivity index (χ0n) is 19.9. The SMILES string of the molecule is Cc1ccc(-n2nc(C)c3sc(N4CCC(NC(=O)COc5cccc(C)c5)CC4)cc32)cc1. The summed E-state index contributed by atoms with van der Waals surface area (Å²) in [6.45, 7) is 8.08. The number of carbonyl (C=O) groups excluding carboxylic acids is 1. The lowest BCUT2D eigenvalue weighted by atomic mass is 10.1. The van der Waals surface area contributed by atoms with Gasteiger partial charge in [0, 0.05) is 19.1 Å². The molecule has 1 saturated heterocycles. The Balaban J connectivity index is 1.19. The number of anilines is 1. The van der Waals surface area contributed by atoms with Crippen molar-refractivity contribution in [2.75, 3.05) is 24.6 Å². The van der Waals surface area contributed by atoms with Crippen LogP contribution in [-0.2, 0) is 4.79 Å². The molecule has 1 aliphatic heterocycles. The normalized spacial score (nSPS) is 14.5. The Morgan fingerprint density at radius 3 is 2.56 bits per heavy atom. The van der Waals surface area contributed by atoms with Crippen LogP contribution >= 0.6 is 11.3 Å². The molecule has 1 N–H and O–H groups in total. The number of aryl methyl sites for hydroxylation is 3. The average molecular weight is 475 g/mol. The van der Waals surface area contributed by atoms with Crippen LogP contribution in [0.25, 0.3) is 15.9 Å². The molecule has 2 aromatic heterocycles. The summed E-state index contributed by atoms with van der Waals surface area (Å²) in [7, 11) is 0. The van der Waals surface area contributed by atoms with Crippen molar-refractivity contribution in [1.29, 1.82) is 0 Å². The van der Waals surface area contributed by atoms with Gasteiger partial charge in [0.1, 0.15) is 5.75 Å². The van der Waals surface area contributed by atoms with E-state index in [4.69, 9.17) is 9.84 Å². The number of aromatic nitrogens is 2. The molecule has 0 radical (unpaired) electrons. The second-order valence-electron chi connectivity index (χ2n) is 9.07. The van der Waals surface area contributed by atoms with Gasteiger partial charge in [-0.05, 0) is 69.5 Å². The maximum Gasteiger partial charge on any atom is 0.258 e. The van der Waals surface area contributed by atoms with Crippen molar-refractivity contribution in [3.05, 3.63) is 71.4 Å². The summed E-state index contributed by atoms with van der Waals surface area (Å²) in [5, 5.41) is 9.18. The summed E-state index contributed by atoms with van der Waals surface area (Å²) in [6, 6.07) is 18.7. The van der Waals surface area contributed by atoms with Crippen molar-refractivity contribution >= 4 is 32.5 Å². The standard InChI is InChI=1S/C27H30N4O2S/c1-18-7-9-22(10-8-18)31-24-16-26(34-27(24)20(3)29-31)30-13-11-21(12-14-30)28-25(32)17-33-23-6-4-5-19(2)15-23/h4-10,15-16,21H,11-14,17H2,1-3H3,(H,28,32). The third-order valence-electron chi connectivity index (χ3n) is 6.32. The number of benzene rings is 2. The first-order valence-corrected chi connectivity index (χ1v) is 12.6. The van der Waals surface area contributed by atoms with Gasteiger partial charge in [-0.3, -0.25) is 4.79 Å². The summed E-state index contributed by atoms with van der Waals surface area (Å²) in [5.41, 5.74) is 5.66. The highest BCUT2D eigenvalue weighted by atomic mass is 32.1. The number of piperidine rings is 1. The van der Waals surface area contributed by atoms with E-state index in [1.54, 1.807) is 11.3 Å². The van der Waals surface area contributed by atoms with Gasteiger partial charge in [-0.25, -0.2) is 4.68 Å². The Bertz CT molecular complexity index is 1300. The van der Waals surface area contributed by atoms with Crippen molar-refractivity contribution in [1.82, 2.24) is 15.1 Å². The molecule has 0 bridgehead atoms. The highest BCUT2D eigenvalue weighted by Gasteiger charge is 2.23. The van der Waals surface area contributed by atoms with Crippen LogP contribution in [0.1, 0.15) is 29.7 Å². The number of fused-ring (bicyclic) bond motifs is 1. The van der Waals surface area contributed by atoms with E-state index >= 15 is 0 Å². The fourth-order valence-electron chi connectivity index (χ4n) is 4.44. The van der Waals surface area contributed by atoms with Crippen LogP contribution in [-0.4, -0.2) is 41.4 Å². The molecule has 3 heterocycles. The van der Waals surface area contributed by atoms with Gasteiger partial charge in [-0.1, -0.05) is 29.8 Å². The zero-order chi connectivity index (χ0) is 23.7. The van der Waals surface area contributed by atoms with Gasteiger partial charge in [-0.2, -0.15) is 5.10 Å². The molecule has 1 amide bonds. The highest BCUT2D eigenvalue weighted by molar-refractivity contribution is 7.23. The van der Waals surface area contributed by atoms with E-state index in [1.807, 2.05) is 35.9 Å². The second-order valence-corrected chi connectivity index (χ2v) is 10.1. The molecule has 4 aromatic rings. The van der Waals surface area contributed by atoms with Crippen LogP contribution in [0.2, 0.25) is 0 Å². The summed E-state index contributed by atoms with van der Waals surface area (Å²) < 4.78 is 8.92. The van der Waals surface area contributed by atoms with Gasteiger partial charge in [0.15, 0.2) is 6.61 Å². The number of hydrogen-bond acceptors (Lipinski definition) is 5. The molecular formula is C27H30N4O2S. The number of thiophene rings is 1. The van der Waals surface area contributed by atoms with E-state index in [9.17, 15) is 4.79 Å². The Kier molecular flexibility index (Phi) is 6.28. The molecule has 0 spiro atoms. The van der Waals surface area contributed by atoms with Crippen molar-refractivity contribution in [2.24, 2.45) is 0 Å². The summed E-state index contributed by atoms with van der Waals surface area (Å²) >= 11 is 1.81. The smallest absolute Gasteiger partial charge is 0.258 e. The first-order chi connectivity index (χ1) is 16.5. The third kappa shape index (κ3) is 4.80. The van der Waals surface area contributed by atoms with Crippen LogP contribution < -0.4 is 15.0 Å².